The van der Waals surface area contributed by atoms with Gasteiger partial charge in [-0.3, -0.25) is 0 Å². The van der Waals surface area contributed by atoms with Gasteiger partial charge in [-0.05, 0) is 12.1 Å². The Morgan fingerprint density at radius 3 is 2.29 bits per heavy atom. The maximum Gasteiger partial charge on any atom is 0.338 e. The van der Waals surface area contributed by atoms with Crippen LogP contribution in [0.4, 0.5) is 0 Å². The van der Waals surface area contributed by atoms with Crippen molar-refractivity contribution in [2.24, 2.45) is 0 Å². The van der Waals surface area contributed by atoms with Gasteiger partial charge in [0.2, 0.25) is 0 Å². The van der Waals surface area contributed by atoms with E-state index in [0.717, 1.165) is 0 Å². The SMILES string of the molecule is O=C(OC(C[S-])C[S-])c1ccccc1. The van der Waals surface area contributed by atoms with Crippen LogP contribution in [-0.4, -0.2) is 23.6 Å². The predicted octanol–water partition coefficient (Wildman–Crippen LogP) is 1.31. The van der Waals surface area contributed by atoms with E-state index in [1.165, 1.54) is 0 Å². The van der Waals surface area contributed by atoms with Crippen molar-refractivity contribution in [3.63, 3.8) is 0 Å². The Morgan fingerprint density at radius 1 is 1.21 bits per heavy atom. The lowest BCUT2D eigenvalue weighted by molar-refractivity contribution is 0.0394. The summed E-state index contributed by atoms with van der Waals surface area (Å²) in [5.41, 5.74) is 0.532. The summed E-state index contributed by atoms with van der Waals surface area (Å²) in [6, 6.07) is 8.81. The molecule has 0 unspecified atom stereocenters. The molecular formula is C10H10O2S2-2. The van der Waals surface area contributed by atoms with Gasteiger partial charge in [0.05, 0.1) is 11.7 Å². The van der Waals surface area contributed by atoms with Crippen molar-refractivity contribution in [3.05, 3.63) is 35.9 Å². The molecule has 0 N–H and O–H groups in total. The second-order valence-corrected chi connectivity index (χ2v) is 3.39. The average Bonchev–Trinajstić information content (AvgIpc) is 2.26. The summed E-state index contributed by atoms with van der Waals surface area (Å²) in [6.07, 6.45) is -0.326. The van der Waals surface area contributed by atoms with Crippen LogP contribution in [0.5, 0.6) is 0 Å². The average molecular weight is 226 g/mol. The van der Waals surface area contributed by atoms with Crippen molar-refractivity contribution < 1.29 is 9.53 Å². The van der Waals surface area contributed by atoms with Crippen molar-refractivity contribution in [3.8, 4) is 0 Å². The zero-order chi connectivity index (χ0) is 10.4. The fourth-order valence-corrected chi connectivity index (χ4v) is 1.43. The van der Waals surface area contributed by atoms with Gasteiger partial charge in [0.1, 0.15) is 0 Å². The third-order valence-electron chi connectivity index (χ3n) is 1.65. The monoisotopic (exact) mass is 226 g/mol. The number of rotatable bonds is 4. The summed E-state index contributed by atoms with van der Waals surface area (Å²) in [5, 5.41) is 0. The molecule has 0 amide bonds. The van der Waals surface area contributed by atoms with Gasteiger partial charge in [-0.2, -0.15) is 0 Å². The molecule has 4 heteroatoms. The van der Waals surface area contributed by atoms with Crippen molar-refractivity contribution in [2.75, 3.05) is 11.5 Å². The fourth-order valence-electron chi connectivity index (χ4n) is 0.910. The molecule has 0 saturated heterocycles. The van der Waals surface area contributed by atoms with E-state index in [0.29, 0.717) is 17.1 Å². The molecule has 1 aromatic carbocycles. The third kappa shape index (κ3) is 3.27. The second kappa shape index (κ2) is 5.98. The normalized spacial score (nSPS) is 10.2. The molecule has 0 aliphatic carbocycles. The summed E-state index contributed by atoms with van der Waals surface area (Å²) < 4.78 is 5.09. The quantitative estimate of drug-likeness (QED) is 0.571. The predicted molar refractivity (Wildman–Crippen MR) is 60.1 cm³/mol. The zero-order valence-corrected chi connectivity index (χ0v) is 9.14. The second-order valence-electron chi connectivity index (χ2n) is 2.73. The highest BCUT2D eigenvalue weighted by molar-refractivity contribution is 7.59. The molecule has 0 aromatic heterocycles. The van der Waals surface area contributed by atoms with Gasteiger partial charge in [-0.15, -0.1) is 11.5 Å². The molecule has 0 radical (unpaired) electrons. The smallest absolute Gasteiger partial charge is 0.338 e. The minimum absolute atomic E-state index is 0.326. The van der Waals surface area contributed by atoms with Crippen LogP contribution in [0.3, 0.4) is 0 Å². The van der Waals surface area contributed by atoms with Crippen LogP contribution in [0.1, 0.15) is 10.4 Å². The van der Waals surface area contributed by atoms with E-state index in [4.69, 9.17) is 30.0 Å². The first-order valence-electron chi connectivity index (χ1n) is 4.20. The van der Waals surface area contributed by atoms with Gasteiger partial charge in [-0.1, -0.05) is 18.2 Å². The molecule has 0 fully saturated rings. The third-order valence-corrected chi connectivity index (χ3v) is 2.40. The van der Waals surface area contributed by atoms with E-state index in [2.05, 4.69) is 0 Å². The zero-order valence-electron chi connectivity index (χ0n) is 7.51. The highest BCUT2D eigenvalue weighted by Gasteiger charge is 2.07. The largest absolute Gasteiger partial charge is 0.789 e. The number of hydrogen-bond acceptors (Lipinski definition) is 4. The minimum Gasteiger partial charge on any atom is -0.789 e. The summed E-state index contributed by atoms with van der Waals surface area (Å²) in [6.45, 7) is 0. The van der Waals surface area contributed by atoms with Gasteiger partial charge in [0, 0.05) is 0 Å². The summed E-state index contributed by atoms with van der Waals surface area (Å²) in [4.78, 5) is 11.5. The van der Waals surface area contributed by atoms with Crippen molar-refractivity contribution in [1.29, 1.82) is 0 Å². The molecule has 0 aliphatic heterocycles. The topological polar surface area (TPSA) is 26.3 Å². The number of carbonyl (C=O) groups excluding carboxylic acids is 1. The van der Waals surface area contributed by atoms with E-state index in [1.807, 2.05) is 6.07 Å². The Balaban J connectivity index is 2.59. The Bertz CT molecular complexity index is 283. The number of hydrogen-bond donors (Lipinski definition) is 0. The number of benzene rings is 1. The van der Waals surface area contributed by atoms with Crippen molar-refractivity contribution in [2.45, 2.75) is 6.10 Å². The first kappa shape index (κ1) is 11.5. The Morgan fingerprint density at radius 2 is 1.79 bits per heavy atom. The molecule has 76 valence electrons. The van der Waals surface area contributed by atoms with Crippen LogP contribution < -0.4 is 0 Å². The van der Waals surface area contributed by atoms with Gasteiger partial charge in [-0.25, -0.2) is 4.79 Å². The maximum atomic E-state index is 11.5. The van der Waals surface area contributed by atoms with Crippen LogP contribution in [-0.2, 0) is 30.0 Å². The Labute approximate surface area is 94.5 Å². The van der Waals surface area contributed by atoms with Crippen molar-refractivity contribution in [1.82, 2.24) is 0 Å². The molecule has 0 saturated carbocycles. The maximum absolute atomic E-state index is 11.5. The van der Waals surface area contributed by atoms with Crippen LogP contribution in [0, 0.1) is 0 Å². The van der Waals surface area contributed by atoms with Crippen molar-refractivity contribution >= 4 is 31.2 Å². The molecule has 0 aliphatic rings. The summed E-state index contributed by atoms with van der Waals surface area (Å²) >= 11 is 9.59. The standard InChI is InChI=1S/C10H12O2S2/c11-10(12-9(6-13)7-14)8-4-2-1-3-5-8/h1-5,9,13-14H,6-7H2/p-2. The van der Waals surface area contributed by atoms with Gasteiger partial charge >= 0.3 is 5.97 Å². The molecule has 0 bridgehead atoms. The molecule has 1 aromatic rings. The van der Waals surface area contributed by atoms with Gasteiger partial charge in [0.15, 0.2) is 0 Å². The number of esters is 1. The summed E-state index contributed by atoms with van der Waals surface area (Å²) in [7, 11) is 0. The highest BCUT2D eigenvalue weighted by Crippen LogP contribution is 2.03. The highest BCUT2D eigenvalue weighted by atomic mass is 32.1. The van der Waals surface area contributed by atoms with Crippen LogP contribution in [0.25, 0.3) is 0 Å². The lowest BCUT2D eigenvalue weighted by Gasteiger charge is -2.23. The Hall–Kier alpha value is -0.610. The van der Waals surface area contributed by atoms with E-state index in [9.17, 15) is 4.79 Å². The molecule has 0 spiro atoms. The van der Waals surface area contributed by atoms with E-state index < -0.39 is 0 Å². The lowest BCUT2D eigenvalue weighted by atomic mass is 10.2. The molecular weight excluding hydrogens is 216 g/mol. The van der Waals surface area contributed by atoms with E-state index in [-0.39, 0.29) is 12.1 Å². The molecule has 14 heavy (non-hydrogen) atoms. The first-order valence-corrected chi connectivity index (χ1v) is 5.35. The van der Waals surface area contributed by atoms with E-state index in [1.54, 1.807) is 24.3 Å². The number of carbonyl (C=O) groups is 1. The summed E-state index contributed by atoms with van der Waals surface area (Å²) in [5.74, 6) is 0.342. The first-order chi connectivity index (χ1) is 6.77. The van der Waals surface area contributed by atoms with Gasteiger partial charge < -0.3 is 30.0 Å². The van der Waals surface area contributed by atoms with Crippen LogP contribution >= 0.6 is 0 Å². The molecule has 1 rings (SSSR count). The van der Waals surface area contributed by atoms with Gasteiger partial charge in [0.25, 0.3) is 0 Å². The number of ether oxygens (including phenoxy) is 1. The molecule has 0 atom stereocenters. The molecule has 2 nitrogen and oxygen atoms in total. The Kier molecular flexibility index (Phi) is 4.90. The molecule has 0 heterocycles. The minimum atomic E-state index is -0.356. The van der Waals surface area contributed by atoms with Crippen LogP contribution in [0.2, 0.25) is 0 Å². The van der Waals surface area contributed by atoms with Crippen LogP contribution in [0.15, 0.2) is 30.3 Å². The fraction of sp³-hybridized carbons (Fsp3) is 0.300. The van der Waals surface area contributed by atoms with E-state index >= 15 is 0 Å². The lowest BCUT2D eigenvalue weighted by Crippen LogP contribution is -2.23.